The van der Waals surface area contributed by atoms with E-state index < -0.39 is 11.6 Å². The third-order valence-electron chi connectivity index (χ3n) is 5.34. The first-order valence-electron chi connectivity index (χ1n) is 10.9. The molecule has 0 saturated heterocycles. The van der Waals surface area contributed by atoms with Crippen molar-refractivity contribution >= 4 is 16.9 Å². The van der Waals surface area contributed by atoms with E-state index in [9.17, 15) is 9.59 Å². The van der Waals surface area contributed by atoms with Gasteiger partial charge in [0.25, 0.3) is 5.89 Å². The average molecular weight is 468 g/mol. The van der Waals surface area contributed by atoms with Crippen LogP contribution < -0.4 is 10.4 Å². The SMILES string of the molecule is Cc1cc(=O)oc2cc(OCc3ccc(C(=O)OCc4nc(-c5ccccc5)no4)cc3)ccc12. The maximum atomic E-state index is 12.4. The fourth-order valence-corrected chi connectivity index (χ4v) is 3.53. The van der Waals surface area contributed by atoms with Crippen LogP contribution in [0.2, 0.25) is 0 Å². The number of hydrogen-bond donors (Lipinski definition) is 0. The summed E-state index contributed by atoms with van der Waals surface area (Å²) < 4.78 is 21.5. The molecular formula is C27H20N2O6. The third-order valence-corrected chi connectivity index (χ3v) is 5.34. The normalized spacial score (nSPS) is 10.9. The zero-order valence-corrected chi connectivity index (χ0v) is 18.8. The number of nitrogens with zero attached hydrogens (tertiary/aromatic N) is 2. The zero-order chi connectivity index (χ0) is 24.2. The first kappa shape index (κ1) is 22.1. The lowest BCUT2D eigenvalue weighted by atomic mass is 10.1. The Morgan fingerprint density at radius 3 is 2.54 bits per heavy atom. The van der Waals surface area contributed by atoms with Gasteiger partial charge < -0.3 is 18.4 Å². The Labute approximate surface area is 199 Å². The molecule has 0 atom stereocenters. The second-order valence-corrected chi connectivity index (χ2v) is 7.85. The molecule has 8 nitrogen and oxygen atoms in total. The molecule has 2 heterocycles. The number of ether oxygens (including phenoxy) is 2. The van der Waals surface area contributed by atoms with Gasteiger partial charge in [0.1, 0.15) is 17.9 Å². The van der Waals surface area contributed by atoms with E-state index in [1.807, 2.05) is 49.4 Å². The van der Waals surface area contributed by atoms with Crippen LogP contribution in [0.4, 0.5) is 0 Å². The van der Waals surface area contributed by atoms with Crippen molar-refractivity contribution in [2.24, 2.45) is 0 Å². The van der Waals surface area contributed by atoms with Gasteiger partial charge in [-0.2, -0.15) is 4.98 Å². The Morgan fingerprint density at radius 1 is 0.943 bits per heavy atom. The lowest BCUT2D eigenvalue weighted by molar-refractivity contribution is 0.0429. The van der Waals surface area contributed by atoms with Crippen LogP contribution in [0.15, 0.2) is 92.6 Å². The van der Waals surface area contributed by atoms with E-state index >= 15 is 0 Å². The van der Waals surface area contributed by atoms with E-state index in [4.69, 9.17) is 18.4 Å². The number of aromatic nitrogens is 2. The van der Waals surface area contributed by atoms with E-state index in [1.165, 1.54) is 6.07 Å². The molecule has 0 aliphatic heterocycles. The number of aryl methyl sites for hydroxylation is 1. The highest BCUT2D eigenvalue weighted by atomic mass is 16.6. The van der Waals surface area contributed by atoms with Crippen molar-refractivity contribution in [3.63, 3.8) is 0 Å². The Hall–Kier alpha value is -4.72. The minimum absolute atomic E-state index is 0.124. The zero-order valence-electron chi connectivity index (χ0n) is 18.8. The molecule has 0 spiro atoms. The summed E-state index contributed by atoms with van der Waals surface area (Å²) in [5, 5.41) is 4.76. The number of esters is 1. The van der Waals surface area contributed by atoms with Gasteiger partial charge in [-0.15, -0.1) is 0 Å². The van der Waals surface area contributed by atoms with Crippen LogP contribution in [0.5, 0.6) is 5.75 Å². The van der Waals surface area contributed by atoms with E-state index in [0.717, 1.165) is 22.1 Å². The van der Waals surface area contributed by atoms with Crippen molar-refractivity contribution in [3.05, 3.63) is 112 Å². The van der Waals surface area contributed by atoms with Gasteiger partial charge in [-0.25, -0.2) is 9.59 Å². The van der Waals surface area contributed by atoms with Crippen molar-refractivity contribution in [2.45, 2.75) is 20.1 Å². The topological polar surface area (TPSA) is 105 Å². The molecule has 174 valence electrons. The molecule has 2 aromatic heterocycles. The van der Waals surface area contributed by atoms with Gasteiger partial charge in [0.2, 0.25) is 5.82 Å². The summed E-state index contributed by atoms with van der Waals surface area (Å²) in [4.78, 5) is 28.2. The monoisotopic (exact) mass is 468 g/mol. The van der Waals surface area contributed by atoms with Crippen LogP contribution in [0.1, 0.15) is 27.4 Å². The van der Waals surface area contributed by atoms with Crippen LogP contribution in [0.3, 0.4) is 0 Å². The molecule has 0 bridgehead atoms. The molecule has 35 heavy (non-hydrogen) atoms. The maximum absolute atomic E-state index is 12.4. The van der Waals surface area contributed by atoms with Gasteiger partial charge in [-0.3, -0.25) is 0 Å². The molecule has 0 amide bonds. The smallest absolute Gasteiger partial charge is 0.338 e. The Kier molecular flexibility index (Phi) is 6.09. The highest BCUT2D eigenvalue weighted by molar-refractivity contribution is 5.89. The summed E-state index contributed by atoms with van der Waals surface area (Å²) in [5.41, 5.74) is 2.99. The largest absolute Gasteiger partial charge is 0.489 e. The molecule has 5 aromatic rings. The van der Waals surface area contributed by atoms with E-state index in [2.05, 4.69) is 10.1 Å². The summed E-state index contributed by atoms with van der Waals surface area (Å²) in [6.45, 7) is 2.01. The first-order chi connectivity index (χ1) is 17.0. The molecule has 0 unspecified atom stereocenters. The summed E-state index contributed by atoms with van der Waals surface area (Å²) >= 11 is 0. The van der Waals surface area contributed by atoms with Crippen LogP contribution in [0, 0.1) is 6.92 Å². The van der Waals surface area contributed by atoms with Crippen LogP contribution >= 0.6 is 0 Å². The molecule has 0 radical (unpaired) electrons. The molecule has 0 N–H and O–H groups in total. The Morgan fingerprint density at radius 2 is 1.74 bits per heavy atom. The number of carbonyl (C=O) groups excluding carboxylic acids is 1. The summed E-state index contributed by atoms with van der Waals surface area (Å²) in [6.07, 6.45) is 0. The Bertz CT molecular complexity index is 1540. The van der Waals surface area contributed by atoms with Crippen molar-refractivity contribution in [3.8, 4) is 17.1 Å². The second-order valence-electron chi connectivity index (χ2n) is 7.85. The molecule has 8 heteroatoms. The highest BCUT2D eigenvalue weighted by Gasteiger charge is 2.13. The predicted molar refractivity (Wildman–Crippen MR) is 127 cm³/mol. The van der Waals surface area contributed by atoms with E-state index in [1.54, 1.807) is 30.3 Å². The second kappa shape index (κ2) is 9.64. The van der Waals surface area contributed by atoms with E-state index in [-0.39, 0.29) is 19.1 Å². The quantitative estimate of drug-likeness (QED) is 0.240. The van der Waals surface area contributed by atoms with Gasteiger partial charge in [0.05, 0.1) is 5.56 Å². The highest BCUT2D eigenvalue weighted by Crippen LogP contribution is 2.23. The van der Waals surface area contributed by atoms with Gasteiger partial charge in [-0.05, 0) is 42.3 Å². The van der Waals surface area contributed by atoms with Crippen LogP contribution in [0.25, 0.3) is 22.4 Å². The van der Waals surface area contributed by atoms with Crippen molar-refractivity contribution < 1.29 is 23.2 Å². The molecular weight excluding hydrogens is 448 g/mol. The molecule has 3 aromatic carbocycles. The predicted octanol–water partition coefficient (Wildman–Crippen LogP) is 5.09. The number of carbonyl (C=O) groups is 1. The number of fused-ring (bicyclic) bond motifs is 1. The molecule has 0 saturated carbocycles. The van der Waals surface area contributed by atoms with Gasteiger partial charge >= 0.3 is 11.6 Å². The summed E-state index contributed by atoms with van der Waals surface area (Å²) in [5.74, 6) is 0.717. The van der Waals surface area contributed by atoms with Gasteiger partial charge in [-0.1, -0.05) is 47.6 Å². The third kappa shape index (κ3) is 5.11. The maximum Gasteiger partial charge on any atom is 0.338 e. The Balaban J connectivity index is 1.17. The number of hydrogen-bond acceptors (Lipinski definition) is 8. The molecule has 0 aliphatic rings. The van der Waals surface area contributed by atoms with Crippen molar-refractivity contribution in [1.29, 1.82) is 0 Å². The van der Waals surface area contributed by atoms with Crippen LogP contribution in [-0.4, -0.2) is 16.1 Å². The molecule has 5 rings (SSSR count). The van der Waals surface area contributed by atoms with Crippen molar-refractivity contribution in [1.82, 2.24) is 10.1 Å². The van der Waals surface area contributed by atoms with Gasteiger partial charge in [0, 0.05) is 23.1 Å². The lowest BCUT2D eigenvalue weighted by Crippen LogP contribution is -2.06. The average Bonchev–Trinajstić information content (AvgIpc) is 3.36. The van der Waals surface area contributed by atoms with E-state index in [0.29, 0.717) is 22.7 Å². The minimum Gasteiger partial charge on any atom is -0.489 e. The lowest BCUT2D eigenvalue weighted by Gasteiger charge is -2.08. The molecule has 0 fully saturated rings. The first-order valence-corrected chi connectivity index (χ1v) is 10.9. The van der Waals surface area contributed by atoms with Gasteiger partial charge in [0.15, 0.2) is 6.61 Å². The van der Waals surface area contributed by atoms with Crippen molar-refractivity contribution in [2.75, 3.05) is 0 Å². The standard InChI is InChI=1S/C27H20N2O6/c1-17-13-25(30)34-23-14-21(11-12-22(17)23)32-15-18-7-9-20(10-8-18)27(31)33-16-24-28-26(29-35-24)19-5-3-2-4-6-19/h2-14H,15-16H2,1H3. The minimum atomic E-state index is -0.503. The number of benzene rings is 3. The fourth-order valence-electron chi connectivity index (χ4n) is 3.53. The molecule has 0 aliphatic carbocycles. The fraction of sp³-hybridized carbons (Fsp3) is 0.111. The number of rotatable bonds is 7. The van der Waals surface area contributed by atoms with Crippen LogP contribution in [-0.2, 0) is 18.0 Å². The summed E-state index contributed by atoms with van der Waals surface area (Å²) in [6, 6.07) is 23.1. The summed E-state index contributed by atoms with van der Waals surface area (Å²) in [7, 11) is 0.